The highest BCUT2D eigenvalue weighted by atomic mass is 32.1. The van der Waals surface area contributed by atoms with E-state index in [9.17, 15) is 18.8 Å². The van der Waals surface area contributed by atoms with Crippen molar-refractivity contribution < 1.29 is 28.2 Å². The summed E-state index contributed by atoms with van der Waals surface area (Å²) in [6.07, 6.45) is 8.22. The highest BCUT2D eigenvalue weighted by Gasteiger charge is 2.25. The zero-order chi connectivity index (χ0) is 31.3. The number of benzene rings is 1. The van der Waals surface area contributed by atoms with Crippen LogP contribution in [0.5, 0.6) is 11.5 Å². The van der Waals surface area contributed by atoms with Crippen molar-refractivity contribution in [3.05, 3.63) is 71.8 Å². The summed E-state index contributed by atoms with van der Waals surface area (Å²) in [7, 11) is 0. The molecule has 1 saturated carbocycles. The number of ether oxygens (including phenoxy) is 2. The van der Waals surface area contributed by atoms with Crippen LogP contribution in [-0.4, -0.2) is 58.3 Å². The Morgan fingerprint density at radius 1 is 1.00 bits per heavy atom. The second kappa shape index (κ2) is 13.8. The second-order valence-corrected chi connectivity index (χ2v) is 12.9. The molecule has 45 heavy (non-hydrogen) atoms. The summed E-state index contributed by atoms with van der Waals surface area (Å²) in [6.45, 7) is 3.48. The molecule has 4 heterocycles. The number of halogens is 1. The molecule has 0 spiro atoms. The van der Waals surface area contributed by atoms with Crippen molar-refractivity contribution in [2.45, 2.75) is 58.0 Å². The van der Waals surface area contributed by atoms with Crippen LogP contribution in [0.2, 0.25) is 0 Å². The molecular formula is C34H35FN4O5S. The third kappa shape index (κ3) is 8.29. The van der Waals surface area contributed by atoms with E-state index in [1.807, 2.05) is 18.3 Å². The predicted molar refractivity (Wildman–Crippen MR) is 168 cm³/mol. The molecule has 0 radical (unpaired) electrons. The fourth-order valence-corrected chi connectivity index (χ4v) is 6.56. The average Bonchev–Trinajstić information content (AvgIpc) is 3.72. The Bertz CT molecular complexity index is 1700. The molecule has 11 heteroatoms. The number of fused-ring (bicyclic) bond motifs is 1. The molecule has 0 atom stereocenters. The van der Waals surface area contributed by atoms with Crippen LogP contribution >= 0.6 is 11.3 Å². The zero-order valence-corrected chi connectivity index (χ0v) is 25.9. The van der Waals surface area contributed by atoms with Crippen molar-refractivity contribution >= 4 is 39.2 Å². The Labute approximate surface area is 264 Å². The van der Waals surface area contributed by atoms with E-state index in [-0.39, 0.29) is 36.5 Å². The van der Waals surface area contributed by atoms with Gasteiger partial charge in [-0.2, -0.15) is 0 Å². The number of hydrogen-bond donors (Lipinski definition) is 1. The number of esters is 1. The van der Waals surface area contributed by atoms with Crippen LogP contribution in [0, 0.1) is 11.7 Å². The van der Waals surface area contributed by atoms with E-state index in [1.54, 1.807) is 24.4 Å². The lowest BCUT2D eigenvalue weighted by Gasteiger charge is -2.32. The zero-order valence-electron chi connectivity index (χ0n) is 25.1. The maximum absolute atomic E-state index is 15.0. The van der Waals surface area contributed by atoms with Gasteiger partial charge in [0.2, 0.25) is 0 Å². The average molecular weight is 631 g/mol. The second-order valence-electron chi connectivity index (χ2n) is 11.8. The molecule has 234 valence electrons. The SMILES string of the molecule is CC(=O)OCC(=O)NC1CCN(Cc2ccc(-c3cc4nccc(Oc5ccc(CC(=O)CC6CC6)cc5F)c4s3)nc2)CC1. The minimum atomic E-state index is -0.501. The van der Waals surface area contributed by atoms with Gasteiger partial charge in [-0.3, -0.25) is 29.3 Å². The fraction of sp³-hybridized carbons (Fsp3) is 0.382. The van der Waals surface area contributed by atoms with Crippen LogP contribution in [0.3, 0.4) is 0 Å². The summed E-state index contributed by atoms with van der Waals surface area (Å²) < 4.78 is 26.5. The van der Waals surface area contributed by atoms with Crippen LogP contribution in [0.15, 0.2) is 54.9 Å². The van der Waals surface area contributed by atoms with Gasteiger partial charge in [0, 0.05) is 63.9 Å². The Kier molecular flexibility index (Phi) is 9.46. The van der Waals surface area contributed by atoms with E-state index in [4.69, 9.17) is 14.5 Å². The Morgan fingerprint density at radius 3 is 2.51 bits per heavy atom. The number of thiophene rings is 1. The lowest BCUT2D eigenvalue weighted by molar-refractivity contribution is -0.146. The number of nitrogens with zero attached hydrogens (tertiary/aromatic N) is 3. The van der Waals surface area contributed by atoms with Crippen LogP contribution in [0.4, 0.5) is 4.39 Å². The van der Waals surface area contributed by atoms with Gasteiger partial charge < -0.3 is 14.8 Å². The van der Waals surface area contributed by atoms with E-state index < -0.39 is 11.8 Å². The Balaban J connectivity index is 1.05. The van der Waals surface area contributed by atoms with E-state index in [1.165, 1.54) is 24.3 Å². The molecule has 1 amide bonds. The predicted octanol–water partition coefficient (Wildman–Crippen LogP) is 5.85. The van der Waals surface area contributed by atoms with Crippen molar-refractivity contribution in [1.29, 1.82) is 0 Å². The molecule has 1 saturated heterocycles. The molecule has 4 aromatic rings. The number of ketones is 1. The maximum atomic E-state index is 15.0. The summed E-state index contributed by atoms with van der Waals surface area (Å²) in [6, 6.07) is 12.5. The highest BCUT2D eigenvalue weighted by Crippen LogP contribution is 2.39. The third-order valence-electron chi connectivity index (χ3n) is 8.05. The molecule has 3 aromatic heterocycles. The van der Waals surface area contributed by atoms with E-state index in [0.717, 1.165) is 71.7 Å². The first-order valence-electron chi connectivity index (χ1n) is 15.3. The van der Waals surface area contributed by atoms with Gasteiger partial charge in [0.1, 0.15) is 11.5 Å². The van der Waals surface area contributed by atoms with Crippen LogP contribution in [-0.2, 0) is 32.1 Å². The van der Waals surface area contributed by atoms with Crippen molar-refractivity contribution in [1.82, 2.24) is 20.2 Å². The Hall–Kier alpha value is -4.22. The molecule has 2 aliphatic rings. The summed E-state index contributed by atoms with van der Waals surface area (Å²) in [4.78, 5) is 47.5. The normalized spacial score (nSPS) is 15.6. The summed E-state index contributed by atoms with van der Waals surface area (Å²) in [5, 5.41) is 2.93. The summed E-state index contributed by atoms with van der Waals surface area (Å²) in [5.74, 6) is 0.0395. The molecule has 1 aliphatic carbocycles. The van der Waals surface area contributed by atoms with E-state index in [2.05, 4.69) is 21.3 Å². The van der Waals surface area contributed by atoms with Gasteiger partial charge in [-0.1, -0.05) is 12.1 Å². The molecule has 9 nitrogen and oxygen atoms in total. The van der Waals surface area contributed by atoms with Gasteiger partial charge in [0.25, 0.3) is 5.91 Å². The largest absolute Gasteiger partial charge is 0.456 e. The van der Waals surface area contributed by atoms with Gasteiger partial charge in [0.05, 0.1) is 20.8 Å². The van der Waals surface area contributed by atoms with Crippen molar-refractivity contribution in [2.75, 3.05) is 19.7 Å². The lowest BCUT2D eigenvalue weighted by atomic mass is 10.0. The van der Waals surface area contributed by atoms with Crippen LogP contribution in [0.1, 0.15) is 50.2 Å². The molecule has 6 rings (SSSR count). The number of aromatic nitrogens is 2. The number of piperidine rings is 1. The van der Waals surface area contributed by atoms with E-state index >= 15 is 0 Å². The quantitative estimate of drug-likeness (QED) is 0.194. The number of pyridine rings is 2. The molecule has 0 unspecified atom stereocenters. The van der Waals surface area contributed by atoms with Crippen LogP contribution < -0.4 is 10.1 Å². The smallest absolute Gasteiger partial charge is 0.303 e. The monoisotopic (exact) mass is 630 g/mol. The summed E-state index contributed by atoms with van der Waals surface area (Å²) >= 11 is 1.49. The number of rotatable bonds is 12. The first kappa shape index (κ1) is 30.8. The molecule has 2 fully saturated rings. The lowest BCUT2D eigenvalue weighted by Crippen LogP contribution is -2.45. The third-order valence-corrected chi connectivity index (χ3v) is 9.21. The van der Waals surface area contributed by atoms with Gasteiger partial charge >= 0.3 is 5.97 Å². The Morgan fingerprint density at radius 2 is 1.80 bits per heavy atom. The van der Waals surface area contributed by atoms with Gasteiger partial charge in [0.15, 0.2) is 18.2 Å². The van der Waals surface area contributed by atoms with Gasteiger partial charge in [-0.25, -0.2) is 4.39 Å². The van der Waals surface area contributed by atoms with Gasteiger partial charge in [-0.15, -0.1) is 11.3 Å². The van der Waals surface area contributed by atoms with Crippen LogP contribution in [0.25, 0.3) is 20.8 Å². The number of carbonyl (C=O) groups excluding carboxylic acids is 3. The molecule has 0 bridgehead atoms. The van der Waals surface area contributed by atoms with Crippen molar-refractivity contribution in [2.24, 2.45) is 5.92 Å². The fourth-order valence-electron chi connectivity index (χ4n) is 5.51. The molecule has 1 N–H and O–H groups in total. The number of amides is 1. The molecule has 1 aliphatic heterocycles. The maximum Gasteiger partial charge on any atom is 0.303 e. The first-order valence-corrected chi connectivity index (χ1v) is 16.1. The molecular weight excluding hydrogens is 595 g/mol. The number of hydrogen-bond acceptors (Lipinski definition) is 9. The topological polar surface area (TPSA) is 111 Å². The van der Waals surface area contributed by atoms with Crippen molar-refractivity contribution in [3.8, 4) is 22.1 Å². The minimum Gasteiger partial charge on any atom is -0.456 e. The highest BCUT2D eigenvalue weighted by molar-refractivity contribution is 7.22. The summed E-state index contributed by atoms with van der Waals surface area (Å²) in [5.41, 5.74) is 3.30. The molecule has 1 aromatic carbocycles. The van der Waals surface area contributed by atoms with Crippen molar-refractivity contribution in [3.63, 3.8) is 0 Å². The first-order chi connectivity index (χ1) is 21.8. The number of likely N-dealkylation sites (tertiary alicyclic amines) is 1. The van der Waals surface area contributed by atoms with Gasteiger partial charge in [-0.05, 0) is 67.0 Å². The number of nitrogens with one attached hydrogen (secondary N) is 1. The number of carbonyl (C=O) groups is 3. The standard InChI is InChI=1S/C34H35FN4O5S/c1-21(40)43-20-33(42)38-25-9-12-39(13-10-25)19-24-4-6-28(37-18-24)32-17-29-34(45-32)31(8-11-36-29)44-30-7-5-23(16-27(30)35)15-26(41)14-22-2-3-22/h4-8,11,16-18,22,25H,2-3,9-10,12-15,19-20H2,1H3,(H,38,42). The number of Topliss-reactive ketones (excluding diaryl/α,β-unsaturated/α-hetero) is 1. The van der Waals surface area contributed by atoms with E-state index in [0.29, 0.717) is 23.7 Å². The minimum absolute atomic E-state index is 0.0726.